The first-order valence-corrected chi connectivity index (χ1v) is 6.66. The third kappa shape index (κ3) is 3.06. The van der Waals surface area contributed by atoms with E-state index in [1.54, 1.807) is 0 Å². The Kier molecular flexibility index (Phi) is 4.30. The van der Waals surface area contributed by atoms with E-state index in [2.05, 4.69) is 37.8 Å². The Morgan fingerprint density at radius 3 is 2.78 bits per heavy atom. The molecular weight excluding hydrogens is 226 g/mol. The average molecular weight is 249 g/mol. The predicted octanol–water partition coefficient (Wildman–Crippen LogP) is 2.17. The number of aromatic nitrogens is 2. The molecule has 0 aromatic carbocycles. The molecule has 1 aromatic heterocycles. The molecule has 1 saturated heterocycles. The predicted molar refractivity (Wildman–Crippen MR) is 71.7 cm³/mol. The zero-order valence-electron chi connectivity index (χ0n) is 11.8. The van der Waals surface area contributed by atoms with Crippen LogP contribution in [0.2, 0.25) is 0 Å². The second-order valence-electron chi connectivity index (χ2n) is 5.58. The van der Waals surface area contributed by atoms with Crippen molar-refractivity contribution in [3.05, 3.63) is 23.3 Å². The molecule has 4 heteroatoms. The topological polar surface area (TPSA) is 38.2 Å². The van der Waals surface area contributed by atoms with Crippen LogP contribution in [-0.4, -0.2) is 42.2 Å². The van der Waals surface area contributed by atoms with Gasteiger partial charge in [0.2, 0.25) is 0 Å². The van der Waals surface area contributed by atoms with Gasteiger partial charge in [-0.15, -0.1) is 0 Å². The second kappa shape index (κ2) is 5.76. The summed E-state index contributed by atoms with van der Waals surface area (Å²) in [6, 6.07) is 0. The van der Waals surface area contributed by atoms with Gasteiger partial charge in [0, 0.05) is 25.3 Å². The van der Waals surface area contributed by atoms with Crippen LogP contribution in [0.15, 0.2) is 6.20 Å². The summed E-state index contributed by atoms with van der Waals surface area (Å²) >= 11 is 0. The molecule has 2 heterocycles. The molecule has 2 rings (SSSR count). The maximum atomic E-state index is 5.47. The molecule has 1 fully saturated rings. The summed E-state index contributed by atoms with van der Waals surface area (Å²) in [5, 5.41) is 0. The van der Waals surface area contributed by atoms with Crippen LogP contribution in [0.25, 0.3) is 0 Å². The lowest BCUT2D eigenvalue weighted by atomic mass is 10.0. The zero-order chi connectivity index (χ0) is 13.1. The van der Waals surface area contributed by atoms with E-state index in [1.807, 2.05) is 6.20 Å². The van der Waals surface area contributed by atoms with E-state index in [0.717, 1.165) is 43.3 Å². The van der Waals surface area contributed by atoms with Crippen LogP contribution in [0.4, 0.5) is 0 Å². The van der Waals surface area contributed by atoms with Crippen molar-refractivity contribution in [2.75, 3.05) is 27.3 Å². The smallest absolute Gasteiger partial charge is 0.0765 e. The van der Waals surface area contributed by atoms with Gasteiger partial charge in [-0.2, -0.15) is 0 Å². The van der Waals surface area contributed by atoms with Crippen molar-refractivity contribution in [1.29, 1.82) is 0 Å². The number of rotatable bonds is 4. The Bertz CT molecular complexity index is 398. The molecule has 0 spiro atoms. The van der Waals surface area contributed by atoms with E-state index in [4.69, 9.17) is 9.72 Å². The molecule has 0 amide bonds. The Labute approximate surface area is 109 Å². The SMILES string of the molecule is CC(C)c1cnc(C2CCOC2)c(CN(C)C)n1. The van der Waals surface area contributed by atoms with Crippen LogP contribution in [-0.2, 0) is 11.3 Å². The van der Waals surface area contributed by atoms with Crippen LogP contribution in [0, 0.1) is 0 Å². The van der Waals surface area contributed by atoms with Gasteiger partial charge in [-0.1, -0.05) is 13.8 Å². The summed E-state index contributed by atoms with van der Waals surface area (Å²) in [5.74, 6) is 0.848. The molecule has 1 atom stereocenters. The molecule has 0 aliphatic carbocycles. The normalized spacial score (nSPS) is 20.0. The van der Waals surface area contributed by atoms with Gasteiger partial charge in [0.05, 0.1) is 23.7 Å². The van der Waals surface area contributed by atoms with Crippen molar-refractivity contribution in [2.24, 2.45) is 0 Å². The average Bonchev–Trinajstić information content (AvgIpc) is 2.81. The summed E-state index contributed by atoms with van der Waals surface area (Å²) in [6.07, 6.45) is 2.99. The lowest BCUT2D eigenvalue weighted by Crippen LogP contribution is -2.18. The molecule has 100 valence electrons. The summed E-state index contributed by atoms with van der Waals surface area (Å²) in [6.45, 7) is 6.79. The van der Waals surface area contributed by atoms with Gasteiger partial charge in [0.25, 0.3) is 0 Å². The van der Waals surface area contributed by atoms with E-state index < -0.39 is 0 Å². The molecule has 1 aliphatic rings. The first-order chi connectivity index (χ1) is 8.58. The van der Waals surface area contributed by atoms with Crippen molar-refractivity contribution in [3.63, 3.8) is 0 Å². The van der Waals surface area contributed by atoms with Gasteiger partial charge in [0.15, 0.2) is 0 Å². The molecule has 1 unspecified atom stereocenters. The summed E-state index contributed by atoms with van der Waals surface area (Å²) in [4.78, 5) is 11.6. The molecule has 1 aromatic rings. The fraction of sp³-hybridized carbons (Fsp3) is 0.714. The number of hydrogen-bond donors (Lipinski definition) is 0. The van der Waals surface area contributed by atoms with E-state index in [-0.39, 0.29) is 0 Å². The molecule has 0 saturated carbocycles. The van der Waals surface area contributed by atoms with Crippen molar-refractivity contribution < 1.29 is 4.74 Å². The summed E-state index contributed by atoms with van der Waals surface area (Å²) in [5.41, 5.74) is 3.32. The Hall–Kier alpha value is -1.00. The highest BCUT2D eigenvalue weighted by Crippen LogP contribution is 2.27. The standard InChI is InChI=1S/C14H23N3O/c1-10(2)12-7-15-14(11-5-6-18-9-11)13(16-12)8-17(3)4/h7,10-11H,5-6,8-9H2,1-4H3. The minimum absolute atomic E-state index is 0.423. The summed E-state index contributed by atoms with van der Waals surface area (Å²) < 4.78 is 5.47. The van der Waals surface area contributed by atoms with Crippen LogP contribution in [0.1, 0.15) is 49.2 Å². The molecular formula is C14H23N3O. The molecule has 18 heavy (non-hydrogen) atoms. The van der Waals surface area contributed by atoms with Crippen molar-refractivity contribution >= 4 is 0 Å². The van der Waals surface area contributed by atoms with E-state index in [0.29, 0.717) is 11.8 Å². The highest BCUT2D eigenvalue weighted by atomic mass is 16.5. The molecule has 1 aliphatic heterocycles. The first kappa shape index (κ1) is 13.4. The highest BCUT2D eigenvalue weighted by molar-refractivity contribution is 5.20. The lowest BCUT2D eigenvalue weighted by Gasteiger charge is -2.17. The van der Waals surface area contributed by atoms with Crippen LogP contribution in [0.5, 0.6) is 0 Å². The number of nitrogens with zero attached hydrogens (tertiary/aromatic N) is 3. The first-order valence-electron chi connectivity index (χ1n) is 6.66. The third-order valence-electron chi connectivity index (χ3n) is 3.27. The number of ether oxygens (including phenoxy) is 1. The fourth-order valence-electron chi connectivity index (χ4n) is 2.24. The largest absolute Gasteiger partial charge is 0.381 e. The third-order valence-corrected chi connectivity index (χ3v) is 3.27. The molecule has 0 radical (unpaired) electrons. The quantitative estimate of drug-likeness (QED) is 0.819. The molecule has 4 nitrogen and oxygen atoms in total. The Balaban J connectivity index is 2.31. The molecule has 0 bridgehead atoms. The maximum absolute atomic E-state index is 5.47. The van der Waals surface area contributed by atoms with Crippen molar-refractivity contribution in [2.45, 2.75) is 38.6 Å². The summed E-state index contributed by atoms with van der Waals surface area (Å²) in [7, 11) is 4.14. The monoisotopic (exact) mass is 249 g/mol. The van der Waals surface area contributed by atoms with Crippen LogP contribution >= 0.6 is 0 Å². The van der Waals surface area contributed by atoms with E-state index >= 15 is 0 Å². The number of hydrogen-bond acceptors (Lipinski definition) is 4. The van der Waals surface area contributed by atoms with Gasteiger partial charge in [-0.25, -0.2) is 0 Å². The van der Waals surface area contributed by atoms with Gasteiger partial charge >= 0.3 is 0 Å². The maximum Gasteiger partial charge on any atom is 0.0765 e. The van der Waals surface area contributed by atoms with Gasteiger partial charge in [0.1, 0.15) is 0 Å². The van der Waals surface area contributed by atoms with Crippen molar-refractivity contribution in [1.82, 2.24) is 14.9 Å². The van der Waals surface area contributed by atoms with Gasteiger partial charge in [-0.05, 0) is 26.4 Å². The van der Waals surface area contributed by atoms with E-state index in [1.165, 1.54) is 0 Å². The van der Waals surface area contributed by atoms with E-state index in [9.17, 15) is 0 Å². The lowest BCUT2D eigenvalue weighted by molar-refractivity contribution is 0.193. The molecule has 0 N–H and O–H groups in total. The van der Waals surface area contributed by atoms with Gasteiger partial charge in [-0.3, -0.25) is 9.97 Å². The minimum Gasteiger partial charge on any atom is -0.381 e. The Morgan fingerprint density at radius 2 is 2.22 bits per heavy atom. The van der Waals surface area contributed by atoms with Crippen LogP contribution < -0.4 is 0 Å². The van der Waals surface area contributed by atoms with Crippen LogP contribution in [0.3, 0.4) is 0 Å². The Morgan fingerprint density at radius 1 is 1.44 bits per heavy atom. The fourth-order valence-corrected chi connectivity index (χ4v) is 2.24. The highest BCUT2D eigenvalue weighted by Gasteiger charge is 2.23. The second-order valence-corrected chi connectivity index (χ2v) is 5.58. The zero-order valence-corrected chi connectivity index (χ0v) is 11.8. The minimum atomic E-state index is 0.423. The van der Waals surface area contributed by atoms with Gasteiger partial charge < -0.3 is 9.64 Å². The van der Waals surface area contributed by atoms with Crippen molar-refractivity contribution in [3.8, 4) is 0 Å².